The number of alkyl halides is 4. The number of carbonyl (C=O) groups is 6. The number of Topliss-reactive ketones (excluding diaryl/α,β-unsaturated/α-hetero) is 2. The third-order valence-corrected chi connectivity index (χ3v) is 14.4. The fourth-order valence-electron chi connectivity index (χ4n) is 11.1. The van der Waals surface area contributed by atoms with Crippen molar-refractivity contribution in [1.82, 2.24) is 9.80 Å². The number of esters is 4. The largest absolute Gasteiger partial charge is 0.466 e. The number of nitrogens with zero attached hydrogens (tertiary/aromatic N) is 2. The number of hydrogen-bond acceptors (Lipinski definition) is 12. The summed E-state index contributed by atoms with van der Waals surface area (Å²) >= 11 is 24.1. The number of carbonyl (C=O) groups excluding carboxylic acids is 6. The van der Waals surface area contributed by atoms with Gasteiger partial charge < -0.3 is 28.7 Å². The Morgan fingerprint density at radius 1 is 0.644 bits per heavy atom. The average molecular weight is 905 g/mol. The highest BCUT2D eigenvalue weighted by Crippen LogP contribution is 2.53. The lowest BCUT2D eigenvalue weighted by molar-refractivity contribution is -0.208. The normalized spacial score (nSPS) is 34.1. The first-order chi connectivity index (χ1) is 28.5. The maximum atomic E-state index is 14.0. The van der Waals surface area contributed by atoms with Gasteiger partial charge in [0.2, 0.25) is 0 Å². The molecule has 2 saturated carbocycles. The van der Waals surface area contributed by atoms with Gasteiger partial charge >= 0.3 is 23.9 Å². The molecule has 6 fully saturated rings. The van der Waals surface area contributed by atoms with E-state index in [1.54, 1.807) is 13.8 Å². The highest BCUT2D eigenvalue weighted by molar-refractivity contribution is 6.19. The molecular formula is C43H58Cl4N2O10. The minimum Gasteiger partial charge on any atom is -0.466 e. The molecule has 8 aliphatic rings. The molecule has 0 aromatic rings. The summed E-state index contributed by atoms with van der Waals surface area (Å²) in [7, 11) is 0. The predicted octanol–water partition coefficient (Wildman–Crippen LogP) is 5.46. The van der Waals surface area contributed by atoms with Gasteiger partial charge in [-0.1, -0.05) is 23.3 Å². The molecule has 0 aromatic heterocycles. The van der Waals surface area contributed by atoms with Crippen LogP contribution < -0.4 is 0 Å². The van der Waals surface area contributed by atoms with E-state index >= 15 is 0 Å². The van der Waals surface area contributed by atoms with E-state index in [4.69, 9.17) is 65.4 Å². The van der Waals surface area contributed by atoms with Crippen LogP contribution in [0.4, 0.5) is 0 Å². The smallest absolute Gasteiger partial charge is 0.317 e. The van der Waals surface area contributed by atoms with E-state index in [2.05, 4.69) is 12.2 Å². The van der Waals surface area contributed by atoms with Crippen LogP contribution in [0.25, 0.3) is 0 Å². The lowest BCUT2D eigenvalue weighted by Crippen LogP contribution is -2.65. The zero-order chi connectivity index (χ0) is 42.4. The fourth-order valence-corrected chi connectivity index (χ4v) is 12.1. The van der Waals surface area contributed by atoms with Gasteiger partial charge in [-0.25, -0.2) is 0 Å². The lowest BCUT2D eigenvalue weighted by atomic mass is 9.57. The minimum absolute atomic E-state index is 0.0792. The van der Waals surface area contributed by atoms with Gasteiger partial charge in [-0.15, -0.1) is 46.4 Å². The van der Waals surface area contributed by atoms with Crippen LogP contribution in [0.15, 0.2) is 23.3 Å². The van der Waals surface area contributed by atoms with E-state index in [0.29, 0.717) is 88.5 Å². The Morgan fingerprint density at radius 3 is 1.32 bits per heavy atom. The Kier molecular flexibility index (Phi) is 16.7. The van der Waals surface area contributed by atoms with Gasteiger partial charge in [-0.2, -0.15) is 0 Å². The van der Waals surface area contributed by atoms with Crippen molar-refractivity contribution in [2.24, 2.45) is 59.2 Å². The van der Waals surface area contributed by atoms with Gasteiger partial charge in [0, 0.05) is 62.8 Å². The molecule has 59 heavy (non-hydrogen) atoms. The number of fused-ring (bicyclic) bond motifs is 6. The van der Waals surface area contributed by atoms with Gasteiger partial charge in [0.25, 0.3) is 0 Å². The molecule has 4 heterocycles. The second-order valence-corrected chi connectivity index (χ2v) is 18.3. The van der Waals surface area contributed by atoms with Crippen LogP contribution in [0.5, 0.6) is 0 Å². The van der Waals surface area contributed by atoms with E-state index in [1.165, 1.54) is 11.1 Å². The molecule has 0 aromatic carbocycles. The fraction of sp³-hybridized carbons (Fsp3) is 0.767. The molecule has 328 valence electrons. The van der Waals surface area contributed by atoms with Gasteiger partial charge in [-0.05, 0) is 82.5 Å². The van der Waals surface area contributed by atoms with Crippen LogP contribution in [0.3, 0.4) is 0 Å². The standard InChI is InChI=1S/C43H58Cl4N2O10/c1-3-56-40(52)34-30(32-36(50)28(38(34)58-42(32)54)22-48(17-13-44)18-14-45)26-9-5-24(6-10-26)21-25-7-11-27(12-8-25)31-33-37(51)29(23-49(19-15-46)20-16-47)39(59-43(33)55)35(31)41(53)57-4-2/h5,7,26-35,38-39H,3-4,6,8-23H2,1-2H3/t26-,27+,28+,29-,30+,31-,32-,33-,34+,35-,38+,39+/m1/s1. The predicted molar refractivity (Wildman–Crippen MR) is 222 cm³/mol. The highest BCUT2D eigenvalue weighted by Gasteiger charge is 2.65. The topological polar surface area (TPSA) is 146 Å². The summed E-state index contributed by atoms with van der Waals surface area (Å²) < 4.78 is 22.8. The molecule has 16 heteroatoms. The van der Waals surface area contributed by atoms with Crippen molar-refractivity contribution in [3.05, 3.63) is 23.3 Å². The molecule has 0 amide bonds. The molecular weight excluding hydrogens is 846 g/mol. The second-order valence-electron chi connectivity index (χ2n) is 16.8. The highest BCUT2D eigenvalue weighted by atomic mass is 35.5. The maximum absolute atomic E-state index is 14.0. The zero-order valence-electron chi connectivity index (χ0n) is 34.0. The van der Waals surface area contributed by atoms with Gasteiger partial charge in [0.15, 0.2) is 11.6 Å². The summed E-state index contributed by atoms with van der Waals surface area (Å²) in [5, 5.41) is 0. The van der Waals surface area contributed by atoms with E-state index in [0.717, 1.165) is 19.3 Å². The Hall–Kier alpha value is -2.22. The summed E-state index contributed by atoms with van der Waals surface area (Å²) in [5.74, 6) is -6.99. The number of ether oxygens (including phenoxy) is 4. The van der Waals surface area contributed by atoms with Crippen molar-refractivity contribution in [1.29, 1.82) is 0 Å². The molecule has 4 bridgehead atoms. The third-order valence-electron chi connectivity index (χ3n) is 13.7. The zero-order valence-corrected chi connectivity index (χ0v) is 37.0. The second kappa shape index (κ2) is 21.2. The molecule has 4 saturated heterocycles. The van der Waals surface area contributed by atoms with Crippen molar-refractivity contribution < 1.29 is 47.7 Å². The summed E-state index contributed by atoms with van der Waals surface area (Å²) in [6, 6.07) is 0. The molecule has 0 unspecified atom stereocenters. The lowest BCUT2D eigenvalue weighted by Gasteiger charge is -2.52. The molecule has 12 nitrogen and oxygen atoms in total. The first-order valence-electron chi connectivity index (χ1n) is 21.4. The van der Waals surface area contributed by atoms with E-state index in [-0.39, 0.29) is 36.6 Å². The molecule has 0 spiro atoms. The average Bonchev–Trinajstić information content (AvgIpc) is 3.21. The van der Waals surface area contributed by atoms with Crippen molar-refractivity contribution >= 4 is 81.8 Å². The molecule has 0 radical (unpaired) electrons. The van der Waals surface area contributed by atoms with Crippen LogP contribution in [0.2, 0.25) is 0 Å². The third kappa shape index (κ3) is 9.88. The first-order valence-corrected chi connectivity index (χ1v) is 23.5. The van der Waals surface area contributed by atoms with Crippen LogP contribution in [0, 0.1) is 59.2 Å². The number of halogens is 4. The quantitative estimate of drug-likeness (QED) is 0.0503. The molecule has 8 rings (SSSR count). The first kappa shape index (κ1) is 46.3. The SMILES string of the molecule is CCOC(=O)[C@@H]1[C@H]2OC(=O)[C@@H](C(=O)[C@@H]2CN(CCCl)CCCl)[C@@H]1[C@@H]1CC=C(CC2=CC[C@H]([C@@H]3[C@H]4C(=O)O[C@H]([C@@H]3C(=O)OCC)[C@H](CN(CCCl)CCCl)C4=O)CC2)CC1. The Balaban J connectivity index is 1.14. The van der Waals surface area contributed by atoms with E-state index < -0.39 is 83.4 Å². The minimum atomic E-state index is -1.03. The van der Waals surface area contributed by atoms with Crippen molar-refractivity contribution in [2.75, 3.05) is 76.0 Å². The Labute approximate surface area is 367 Å². The van der Waals surface area contributed by atoms with Crippen LogP contribution in [-0.2, 0) is 47.7 Å². The molecule has 4 aliphatic carbocycles. The summed E-state index contributed by atoms with van der Waals surface area (Å²) in [6.45, 7) is 6.49. The van der Waals surface area contributed by atoms with Crippen molar-refractivity contribution in [2.45, 2.75) is 71.0 Å². The van der Waals surface area contributed by atoms with Crippen LogP contribution in [0.1, 0.15) is 58.8 Å². The Morgan fingerprint density at radius 2 is 1.02 bits per heavy atom. The summed E-state index contributed by atoms with van der Waals surface area (Å²) in [6.07, 6.45) is 7.52. The van der Waals surface area contributed by atoms with E-state index in [9.17, 15) is 28.8 Å². The van der Waals surface area contributed by atoms with Gasteiger partial charge in [0.05, 0.1) is 36.9 Å². The number of rotatable bonds is 20. The number of ketones is 2. The van der Waals surface area contributed by atoms with Gasteiger partial charge in [0.1, 0.15) is 24.0 Å². The molecule has 12 atom stereocenters. The number of allylic oxidation sites excluding steroid dienone is 4. The monoisotopic (exact) mass is 902 g/mol. The summed E-state index contributed by atoms with van der Waals surface area (Å²) in [4.78, 5) is 85.8. The van der Waals surface area contributed by atoms with Crippen molar-refractivity contribution in [3.63, 3.8) is 0 Å². The number of hydrogen-bond donors (Lipinski definition) is 0. The van der Waals surface area contributed by atoms with Crippen molar-refractivity contribution in [3.8, 4) is 0 Å². The van der Waals surface area contributed by atoms with Gasteiger partial charge in [-0.3, -0.25) is 28.8 Å². The molecule has 0 N–H and O–H groups in total. The van der Waals surface area contributed by atoms with E-state index in [1.807, 2.05) is 9.80 Å². The Bertz CT molecular complexity index is 1510. The molecule has 4 aliphatic heterocycles. The van der Waals surface area contributed by atoms with Crippen LogP contribution >= 0.6 is 46.4 Å². The summed E-state index contributed by atoms with van der Waals surface area (Å²) in [5.41, 5.74) is 2.51. The van der Waals surface area contributed by atoms with Crippen LogP contribution in [-0.4, -0.2) is 133 Å². The maximum Gasteiger partial charge on any atom is 0.317 e.